The standard InChI is InChI=1S/C25H34N4O2/c1-18(24(30)26-21-9-5-3-6-10-21)20-13-15-28(16-14-20)25(31)23-17-29(27-19(23)2)22-11-7-4-8-12-22/h4,7-8,11-12,17-18,20-21H,3,5-6,9-10,13-16H2,1-2H3,(H,26,30)/t18-/m1/s1. The van der Waals surface area contributed by atoms with Gasteiger partial charge in [-0.15, -0.1) is 0 Å². The van der Waals surface area contributed by atoms with E-state index in [-0.39, 0.29) is 17.7 Å². The topological polar surface area (TPSA) is 67.2 Å². The molecule has 31 heavy (non-hydrogen) atoms. The van der Waals surface area contributed by atoms with Crippen molar-refractivity contribution < 1.29 is 9.59 Å². The molecule has 6 nitrogen and oxygen atoms in total. The van der Waals surface area contributed by atoms with Gasteiger partial charge in [0.2, 0.25) is 5.91 Å². The summed E-state index contributed by atoms with van der Waals surface area (Å²) < 4.78 is 1.77. The number of aryl methyl sites for hydroxylation is 1. The van der Waals surface area contributed by atoms with Crippen molar-refractivity contribution >= 4 is 11.8 Å². The summed E-state index contributed by atoms with van der Waals surface area (Å²) in [6.45, 7) is 5.33. The van der Waals surface area contributed by atoms with Crippen molar-refractivity contribution in [1.82, 2.24) is 20.0 Å². The highest BCUT2D eigenvalue weighted by molar-refractivity contribution is 5.95. The number of aromatic nitrogens is 2. The lowest BCUT2D eigenvalue weighted by Gasteiger charge is -2.35. The predicted molar refractivity (Wildman–Crippen MR) is 121 cm³/mol. The number of hydrogen-bond acceptors (Lipinski definition) is 3. The van der Waals surface area contributed by atoms with Crippen molar-refractivity contribution in [3.63, 3.8) is 0 Å². The molecule has 0 unspecified atom stereocenters. The Morgan fingerprint density at radius 1 is 1.03 bits per heavy atom. The van der Waals surface area contributed by atoms with Gasteiger partial charge >= 0.3 is 0 Å². The minimum Gasteiger partial charge on any atom is -0.353 e. The largest absolute Gasteiger partial charge is 0.353 e. The monoisotopic (exact) mass is 422 g/mol. The van der Waals surface area contributed by atoms with Crippen molar-refractivity contribution in [2.45, 2.75) is 64.8 Å². The van der Waals surface area contributed by atoms with Crippen LogP contribution in [0, 0.1) is 18.8 Å². The van der Waals surface area contributed by atoms with Gasteiger partial charge in [0.05, 0.1) is 16.9 Å². The second-order valence-corrected chi connectivity index (χ2v) is 9.17. The Kier molecular flexibility index (Phi) is 6.73. The van der Waals surface area contributed by atoms with E-state index in [9.17, 15) is 9.59 Å². The van der Waals surface area contributed by atoms with Crippen LogP contribution in [0.15, 0.2) is 36.5 Å². The zero-order valence-electron chi connectivity index (χ0n) is 18.7. The lowest BCUT2D eigenvalue weighted by molar-refractivity contribution is -0.127. The van der Waals surface area contributed by atoms with Crippen LogP contribution in [0.3, 0.4) is 0 Å². The summed E-state index contributed by atoms with van der Waals surface area (Å²) in [5.74, 6) is 0.566. The quantitative estimate of drug-likeness (QED) is 0.788. The van der Waals surface area contributed by atoms with Crippen molar-refractivity contribution in [3.8, 4) is 5.69 Å². The zero-order valence-corrected chi connectivity index (χ0v) is 18.7. The van der Waals surface area contributed by atoms with Gasteiger partial charge in [-0.25, -0.2) is 4.68 Å². The molecule has 1 aromatic heterocycles. The van der Waals surface area contributed by atoms with Crippen LogP contribution >= 0.6 is 0 Å². The summed E-state index contributed by atoms with van der Waals surface area (Å²) in [4.78, 5) is 27.8. The molecule has 1 atom stereocenters. The van der Waals surface area contributed by atoms with Crippen molar-refractivity contribution in [3.05, 3.63) is 47.8 Å². The molecule has 1 saturated carbocycles. The molecule has 1 N–H and O–H groups in total. The number of nitrogens with zero attached hydrogens (tertiary/aromatic N) is 3. The third-order valence-corrected chi connectivity index (χ3v) is 7.05. The van der Waals surface area contributed by atoms with E-state index in [1.807, 2.05) is 55.3 Å². The molecular weight excluding hydrogens is 388 g/mol. The number of hydrogen-bond donors (Lipinski definition) is 1. The first-order valence-corrected chi connectivity index (χ1v) is 11.7. The fourth-order valence-corrected chi connectivity index (χ4v) is 4.95. The van der Waals surface area contributed by atoms with E-state index in [1.165, 1.54) is 19.3 Å². The average Bonchev–Trinajstić information content (AvgIpc) is 3.21. The molecule has 1 saturated heterocycles. The average molecular weight is 423 g/mol. The van der Waals surface area contributed by atoms with Crippen molar-refractivity contribution in [2.24, 2.45) is 11.8 Å². The van der Waals surface area contributed by atoms with Gasteiger partial charge in [-0.1, -0.05) is 44.4 Å². The summed E-state index contributed by atoms with van der Waals surface area (Å²) >= 11 is 0. The maximum Gasteiger partial charge on any atom is 0.257 e. The molecule has 2 heterocycles. The molecule has 2 aliphatic rings. The lowest BCUT2D eigenvalue weighted by Crippen LogP contribution is -2.45. The smallest absolute Gasteiger partial charge is 0.257 e. The number of benzene rings is 1. The molecule has 1 aliphatic carbocycles. The zero-order chi connectivity index (χ0) is 21.8. The van der Waals surface area contributed by atoms with E-state index >= 15 is 0 Å². The Morgan fingerprint density at radius 3 is 2.39 bits per heavy atom. The molecule has 0 radical (unpaired) electrons. The first kappa shape index (κ1) is 21.6. The van der Waals surface area contributed by atoms with E-state index in [2.05, 4.69) is 10.4 Å². The van der Waals surface area contributed by atoms with Crippen molar-refractivity contribution in [2.75, 3.05) is 13.1 Å². The van der Waals surface area contributed by atoms with Crippen molar-refractivity contribution in [1.29, 1.82) is 0 Å². The molecule has 1 aliphatic heterocycles. The molecule has 0 spiro atoms. The van der Waals surface area contributed by atoms with Gasteiger partial charge < -0.3 is 10.2 Å². The third-order valence-electron chi connectivity index (χ3n) is 7.05. The van der Waals surface area contributed by atoms with Crippen LogP contribution in [-0.4, -0.2) is 45.6 Å². The molecular formula is C25H34N4O2. The Bertz CT molecular complexity index is 894. The molecule has 0 bridgehead atoms. The summed E-state index contributed by atoms with van der Waals surface area (Å²) in [5, 5.41) is 7.81. The summed E-state index contributed by atoms with van der Waals surface area (Å²) in [5.41, 5.74) is 2.35. The number of carbonyl (C=O) groups excluding carboxylic acids is 2. The fourth-order valence-electron chi connectivity index (χ4n) is 4.95. The number of likely N-dealkylation sites (tertiary alicyclic amines) is 1. The minimum absolute atomic E-state index is 0.00162. The molecule has 1 aromatic carbocycles. The van der Waals surface area contributed by atoms with Gasteiger partial charge in [-0.2, -0.15) is 5.10 Å². The molecule has 4 rings (SSSR count). The van der Waals surface area contributed by atoms with E-state index < -0.39 is 0 Å². The van der Waals surface area contributed by atoms with Crippen LogP contribution < -0.4 is 5.32 Å². The number of rotatable bonds is 5. The number of para-hydroxylation sites is 1. The van der Waals surface area contributed by atoms with Gasteiger partial charge in [0.25, 0.3) is 5.91 Å². The molecule has 2 fully saturated rings. The van der Waals surface area contributed by atoms with Gasteiger partial charge in [0.15, 0.2) is 0 Å². The van der Waals surface area contributed by atoms with Gasteiger partial charge in [0, 0.05) is 31.2 Å². The highest BCUT2D eigenvalue weighted by Crippen LogP contribution is 2.27. The van der Waals surface area contributed by atoms with Crippen LogP contribution in [0.4, 0.5) is 0 Å². The molecule has 2 aromatic rings. The number of amides is 2. The van der Waals surface area contributed by atoms with E-state index in [4.69, 9.17) is 0 Å². The Balaban J connectivity index is 1.32. The lowest BCUT2D eigenvalue weighted by atomic mass is 9.84. The summed E-state index contributed by atoms with van der Waals surface area (Å²) in [6, 6.07) is 10.2. The summed E-state index contributed by atoms with van der Waals surface area (Å²) in [7, 11) is 0. The Hall–Kier alpha value is -2.63. The fraction of sp³-hybridized carbons (Fsp3) is 0.560. The van der Waals surface area contributed by atoms with Crippen LogP contribution in [-0.2, 0) is 4.79 Å². The highest BCUT2D eigenvalue weighted by Gasteiger charge is 2.32. The Morgan fingerprint density at radius 2 is 1.71 bits per heavy atom. The minimum atomic E-state index is 0.00162. The van der Waals surface area contributed by atoms with E-state index in [0.717, 1.165) is 37.1 Å². The highest BCUT2D eigenvalue weighted by atomic mass is 16.2. The number of nitrogens with one attached hydrogen (secondary N) is 1. The summed E-state index contributed by atoms with van der Waals surface area (Å²) in [6.07, 6.45) is 9.54. The van der Waals surface area contributed by atoms with Crippen LogP contribution in [0.1, 0.15) is 67.9 Å². The van der Waals surface area contributed by atoms with Crippen LogP contribution in [0.5, 0.6) is 0 Å². The number of carbonyl (C=O) groups is 2. The maximum absolute atomic E-state index is 13.1. The third kappa shape index (κ3) is 5.00. The van der Waals surface area contributed by atoms with Gasteiger partial charge in [0.1, 0.15) is 0 Å². The predicted octanol–water partition coefficient (Wildman–Crippen LogP) is 4.12. The Labute approximate surface area is 185 Å². The number of piperidine rings is 1. The van der Waals surface area contributed by atoms with E-state index in [0.29, 0.717) is 30.6 Å². The van der Waals surface area contributed by atoms with Gasteiger partial charge in [-0.05, 0) is 50.7 Å². The van der Waals surface area contributed by atoms with E-state index in [1.54, 1.807) is 4.68 Å². The first-order valence-electron chi connectivity index (χ1n) is 11.7. The molecule has 166 valence electrons. The van der Waals surface area contributed by atoms with Gasteiger partial charge in [-0.3, -0.25) is 9.59 Å². The van der Waals surface area contributed by atoms with Crippen LogP contribution in [0.2, 0.25) is 0 Å². The molecule has 2 amide bonds. The normalized spacial score (nSPS) is 19.2. The first-order chi connectivity index (χ1) is 15.0. The maximum atomic E-state index is 13.1. The second-order valence-electron chi connectivity index (χ2n) is 9.17. The second kappa shape index (κ2) is 9.67. The molecule has 6 heteroatoms. The van der Waals surface area contributed by atoms with Crippen LogP contribution in [0.25, 0.3) is 5.69 Å². The SMILES string of the molecule is Cc1nn(-c2ccccc2)cc1C(=O)N1CCC([C@@H](C)C(=O)NC2CCCCC2)CC1.